The van der Waals surface area contributed by atoms with Crippen LogP contribution in [0.2, 0.25) is 0 Å². The third kappa shape index (κ3) is 5.50. The average Bonchev–Trinajstić information content (AvgIpc) is 2.75. The van der Waals surface area contributed by atoms with Crippen LogP contribution in [0.1, 0.15) is 82.9 Å². The summed E-state index contributed by atoms with van der Waals surface area (Å²) in [6.45, 7) is 3.30. The van der Waals surface area contributed by atoms with Crippen molar-refractivity contribution in [1.82, 2.24) is 4.98 Å². The van der Waals surface area contributed by atoms with Gasteiger partial charge in [-0.05, 0) is 67.6 Å². The molecule has 3 rings (SSSR count). The highest BCUT2D eigenvalue weighted by atomic mass is 16.4. The van der Waals surface area contributed by atoms with Crippen LogP contribution in [0.15, 0.2) is 24.3 Å². The number of aliphatic carboxylic acids is 1. The van der Waals surface area contributed by atoms with Crippen molar-refractivity contribution in [3.63, 3.8) is 0 Å². The molecule has 3 N–H and O–H groups in total. The second kappa shape index (κ2) is 10.1. The predicted octanol–water partition coefficient (Wildman–Crippen LogP) is 4.31. The molecule has 0 bridgehead atoms. The zero-order valence-corrected chi connectivity index (χ0v) is 18.2. The van der Waals surface area contributed by atoms with Gasteiger partial charge in [-0.1, -0.05) is 19.3 Å². The number of nitrogens with zero attached hydrogens (tertiary/aromatic N) is 1. The van der Waals surface area contributed by atoms with E-state index >= 15 is 0 Å². The van der Waals surface area contributed by atoms with Gasteiger partial charge in [0, 0.05) is 30.0 Å². The summed E-state index contributed by atoms with van der Waals surface area (Å²) in [4.78, 5) is 28.4. The minimum Gasteiger partial charge on any atom is -0.506 e. The van der Waals surface area contributed by atoms with Crippen LogP contribution < -0.4 is 0 Å². The van der Waals surface area contributed by atoms with Crippen molar-refractivity contribution in [1.29, 1.82) is 0 Å². The van der Waals surface area contributed by atoms with Gasteiger partial charge >= 0.3 is 5.97 Å². The second-order valence-electron chi connectivity index (χ2n) is 8.65. The van der Waals surface area contributed by atoms with Crippen molar-refractivity contribution in [2.24, 2.45) is 5.92 Å². The van der Waals surface area contributed by atoms with E-state index in [1.54, 1.807) is 18.2 Å². The average molecular weight is 426 g/mol. The predicted molar refractivity (Wildman–Crippen MR) is 118 cm³/mol. The normalized spacial score (nSPS) is 15.6. The Bertz CT molecular complexity index is 939. The summed E-state index contributed by atoms with van der Waals surface area (Å²) in [7, 11) is 0. The molecule has 1 aliphatic rings. The fraction of sp³-hybridized carbons (Fsp3) is 0.480. The van der Waals surface area contributed by atoms with Crippen molar-refractivity contribution < 1.29 is 24.9 Å². The molecule has 166 valence electrons. The van der Waals surface area contributed by atoms with Crippen LogP contribution in [0, 0.1) is 19.8 Å². The number of carboxylic acid groups (broad SMARTS) is 1. The van der Waals surface area contributed by atoms with Crippen molar-refractivity contribution in [2.45, 2.75) is 64.7 Å². The highest BCUT2D eigenvalue weighted by Crippen LogP contribution is 2.36. The fourth-order valence-electron chi connectivity index (χ4n) is 4.47. The van der Waals surface area contributed by atoms with Gasteiger partial charge in [-0.25, -0.2) is 0 Å². The van der Waals surface area contributed by atoms with Crippen molar-refractivity contribution >= 4 is 11.8 Å². The third-order valence-corrected chi connectivity index (χ3v) is 6.33. The van der Waals surface area contributed by atoms with Gasteiger partial charge in [-0.15, -0.1) is 0 Å². The van der Waals surface area contributed by atoms with Gasteiger partial charge in [0.2, 0.25) is 0 Å². The number of hydrogen-bond donors (Lipinski definition) is 3. The van der Waals surface area contributed by atoms with E-state index in [1.165, 1.54) is 19.3 Å². The summed E-state index contributed by atoms with van der Waals surface area (Å²) in [6.07, 6.45) is 6.07. The maximum Gasteiger partial charge on any atom is 0.309 e. The van der Waals surface area contributed by atoms with Crippen molar-refractivity contribution in [3.05, 3.63) is 57.9 Å². The van der Waals surface area contributed by atoms with Crippen LogP contribution >= 0.6 is 0 Å². The first-order valence-electron chi connectivity index (χ1n) is 11.0. The molecular weight excluding hydrogens is 394 g/mol. The number of rotatable bonds is 8. The summed E-state index contributed by atoms with van der Waals surface area (Å²) < 4.78 is 0. The van der Waals surface area contributed by atoms with E-state index in [0.29, 0.717) is 17.9 Å². The number of carbonyl (C=O) groups is 2. The molecule has 1 aromatic heterocycles. The fourth-order valence-corrected chi connectivity index (χ4v) is 4.47. The summed E-state index contributed by atoms with van der Waals surface area (Å²) in [6, 6.07) is 7.14. The highest BCUT2D eigenvalue weighted by Gasteiger charge is 2.23. The Morgan fingerprint density at radius 1 is 1.10 bits per heavy atom. The van der Waals surface area contributed by atoms with Gasteiger partial charge in [0.15, 0.2) is 5.78 Å². The molecule has 6 nitrogen and oxygen atoms in total. The highest BCUT2D eigenvalue weighted by molar-refractivity contribution is 5.98. The quantitative estimate of drug-likeness (QED) is 0.544. The van der Waals surface area contributed by atoms with E-state index in [9.17, 15) is 19.8 Å². The van der Waals surface area contributed by atoms with Crippen LogP contribution in [-0.4, -0.2) is 38.7 Å². The smallest absolute Gasteiger partial charge is 0.309 e. The molecule has 0 unspecified atom stereocenters. The Morgan fingerprint density at radius 3 is 2.32 bits per heavy atom. The van der Waals surface area contributed by atoms with Gasteiger partial charge in [0.1, 0.15) is 5.75 Å². The third-order valence-electron chi connectivity index (χ3n) is 6.33. The molecule has 31 heavy (non-hydrogen) atoms. The number of pyridine rings is 1. The first-order chi connectivity index (χ1) is 14.8. The number of aliphatic hydroxyl groups excluding tert-OH is 1. The van der Waals surface area contributed by atoms with E-state index in [4.69, 9.17) is 10.1 Å². The molecule has 1 atom stereocenters. The molecule has 1 aromatic carbocycles. The number of hydrogen-bond acceptors (Lipinski definition) is 5. The summed E-state index contributed by atoms with van der Waals surface area (Å²) in [5.74, 6) is -1.98. The topological polar surface area (TPSA) is 108 Å². The number of Topliss-reactive ketones (excluding diaryl/α,β-unsaturated/α-hetero) is 1. The number of ketones is 1. The van der Waals surface area contributed by atoms with Crippen molar-refractivity contribution in [2.75, 3.05) is 6.61 Å². The van der Waals surface area contributed by atoms with E-state index in [2.05, 4.69) is 0 Å². The molecule has 0 aliphatic heterocycles. The molecule has 2 aromatic rings. The molecule has 1 fully saturated rings. The molecule has 0 amide bonds. The van der Waals surface area contributed by atoms with Crippen LogP contribution in [-0.2, 0) is 11.2 Å². The van der Waals surface area contributed by atoms with Crippen LogP contribution in [0.4, 0.5) is 0 Å². The SMILES string of the molecule is Cc1cc(C(=O)C[C@H](CO)C(=O)O)cc(C)c1Cc1ccc(O)c(C2CCCCC2)n1. The number of aryl methyl sites for hydroxylation is 2. The van der Waals surface area contributed by atoms with Gasteiger partial charge in [-0.3, -0.25) is 14.6 Å². The summed E-state index contributed by atoms with van der Waals surface area (Å²) in [5, 5.41) is 28.6. The minimum atomic E-state index is -1.17. The standard InChI is InChI=1S/C25H31NO5/c1-15-10-18(23(29)12-19(14-27)25(30)31)11-16(2)21(15)13-20-8-9-22(28)24(26-20)17-6-4-3-5-7-17/h8-11,17,19,27-28H,3-7,12-14H2,1-2H3,(H,30,31)/t19-/m1/s1. The van der Waals surface area contributed by atoms with Gasteiger partial charge in [-0.2, -0.15) is 0 Å². The zero-order chi connectivity index (χ0) is 22.5. The Hall–Kier alpha value is -2.73. The molecule has 0 saturated heterocycles. The number of carboxylic acids is 1. The monoisotopic (exact) mass is 425 g/mol. The van der Waals surface area contributed by atoms with E-state index < -0.39 is 18.5 Å². The zero-order valence-electron chi connectivity index (χ0n) is 18.2. The number of carbonyl (C=O) groups excluding carboxylic acids is 1. The van der Waals surface area contributed by atoms with E-state index in [-0.39, 0.29) is 18.0 Å². The minimum absolute atomic E-state index is 0.228. The van der Waals surface area contributed by atoms with Gasteiger partial charge < -0.3 is 15.3 Å². The number of aromatic nitrogens is 1. The first-order valence-corrected chi connectivity index (χ1v) is 11.0. The molecule has 0 spiro atoms. The molecule has 0 radical (unpaired) electrons. The van der Waals surface area contributed by atoms with Crippen molar-refractivity contribution in [3.8, 4) is 5.75 Å². The molecule has 1 heterocycles. The number of benzene rings is 1. The Kier molecular flexibility index (Phi) is 7.44. The maximum atomic E-state index is 12.5. The Balaban J connectivity index is 1.81. The van der Waals surface area contributed by atoms with E-state index in [0.717, 1.165) is 40.9 Å². The molecule has 1 aliphatic carbocycles. The Morgan fingerprint density at radius 2 is 1.74 bits per heavy atom. The number of aliphatic hydroxyl groups is 1. The summed E-state index contributed by atoms with van der Waals surface area (Å²) >= 11 is 0. The van der Waals surface area contributed by atoms with Crippen LogP contribution in [0.25, 0.3) is 0 Å². The summed E-state index contributed by atoms with van der Waals surface area (Å²) in [5.41, 5.74) is 5.08. The number of aromatic hydroxyl groups is 1. The lowest BCUT2D eigenvalue weighted by Crippen LogP contribution is -2.21. The molecule has 6 heteroatoms. The second-order valence-corrected chi connectivity index (χ2v) is 8.65. The van der Waals surface area contributed by atoms with Crippen LogP contribution in [0.3, 0.4) is 0 Å². The Labute approximate surface area is 183 Å². The van der Waals surface area contributed by atoms with E-state index in [1.807, 2.05) is 19.9 Å². The largest absolute Gasteiger partial charge is 0.506 e. The lowest BCUT2D eigenvalue weighted by Gasteiger charge is -2.22. The molecule has 1 saturated carbocycles. The maximum absolute atomic E-state index is 12.5. The lowest BCUT2D eigenvalue weighted by molar-refractivity contribution is -0.142. The van der Waals surface area contributed by atoms with Gasteiger partial charge in [0.25, 0.3) is 0 Å². The van der Waals surface area contributed by atoms with Gasteiger partial charge in [0.05, 0.1) is 18.2 Å². The lowest BCUT2D eigenvalue weighted by atomic mass is 9.86. The molecular formula is C25H31NO5. The first kappa shape index (κ1) is 22.9. The van der Waals surface area contributed by atoms with Crippen LogP contribution in [0.5, 0.6) is 5.75 Å².